The summed E-state index contributed by atoms with van der Waals surface area (Å²) < 4.78 is 0. The molecule has 0 radical (unpaired) electrons. The second-order valence-electron chi connectivity index (χ2n) is 6.27. The molecule has 8 heteroatoms. The topological polar surface area (TPSA) is 113 Å². The summed E-state index contributed by atoms with van der Waals surface area (Å²) in [5, 5.41) is 8.49. The minimum absolute atomic E-state index is 0.0869. The molecule has 0 saturated carbocycles. The van der Waals surface area contributed by atoms with Crippen LogP contribution in [0.3, 0.4) is 0 Å². The van der Waals surface area contributed by atoms with Gasteiger partial charge in [0.1, 0.15) is 17.8 Å². The molecule has 8 nitrogen and oxygen atoms in total. The lowest BCUT2D eigenvalue weighted by Gasteiger charge is -2.09. The van der Waals surface area contributed by atoms with Crippen molar-refractivity contribution in [3.05, 3.63) is 72.2 Å². The Morgan fingerprint density at radius 1 is 0.793 bits per heavy atom. The second-order valence-corrected chi connectivity index (χ2v) is 6.27. The van der Waals surface area contributed by atoms with Crippen LogP contribution in [0.4, 0.5) is 22.9 Å². The molecule has 1 heterocycles. The Morgan fingerprint density at radius 2 is 1.48 bits per heavy atom. The third-order valence-electron chi connectivity index (χ3n) is 3.88. The van der Waals surface area contributed by atoms with Crippen LogP contribution in [0.2, 0.25) is 0 Å². The predicted octanol–water partition coefficient (Wildman–Crippen LogP) is 3.63. The summed E-state index contributed by atoms with van der Waals surface area (Å²) in [6.45, 7) is 2.89. The molecule has 0 atom stereocenters. The highest BCUT2D eigenvalue weighted by Gasteiger charge is 2.11. The van der Waals surface area contributed by atoms with Crippen LogP contribution in [-0.2, 0) is 4.79 Å². The summed E-state index contributed by atoms with van der Waals surface area (Å²) in [5.41, 5.74) is 2.50. The van der Waals surface area contributed by atoms with Crippen molar-refractivity contribution in [1.29, 1.82) is 0 Å². The van der Waals surface area contributed by atoms with Crippen LogP contribution in [0.1, 0.15) is 34.7 Å². The molecule has 146 valence electrons. The zero-order valence-corrected chi connectivity index (χ0v) is 15.9. The molecule has 0 aliphatic rings. The van der Waals surface area contributed by atoms with Gasteiger partial charge < -0.3 is 16.0 Å². The third-order valence-corrected chi connectivity index (χ3v) is 3.88. The van der Waals surface area contributed by atoms with Crippen molar-refractivity contribution in [2.75, 3.05) is 16.0 Å². The standard InChI is InChI=1S/C21H19N5O3/c1-13(27)15-5-3-6-16(9-15)26-21(29)19-11-20(23-12-22-19)25-18-8-4-7-17(10-18)24-14(2)28/h3-12H,1-2H3,(H,24,28)(H,26,29)(H,22,23,25). The Hall–Kier alpha value is -4.07. The lowest BCUT2D eigenvalue weighted by Crippen LogP contribution is -2.14. The van der Waals surface area contributed by atoms with E-state index in [9.17, 15) is 14.4 Å². The highest BCUT2D eigenvalue weighted by molar-refractivity contribution is 6.04. The molecule has 3 aromatic rings. The fourth-order valence-corrected chi connectivity index (χ4v) is 2.59. The first-order valence-corrected chi connectivity index (χ1v) is 8.80. The lowest BCUT2D eigenvalue weighted by molar-refractivity contribution is -0.114. The quantitative estimate of drug-likeness (QED) is 0.555. The fraction of sp³-hybridized carbons (Fsp3) is 0.0952. The van der Waals surface area contributed by atoms with E-state index >= 15 is 0 Å². The molecule has 0 fully saturated rings. The lowest BCUT2D eigenvalue weighted by atomic mass is 10.1. The van der Waals surface area contributed by atoms with Gasteiger partial charge >= 0.3 is 0 Å². The van der Waals surface area contributed by atoms with Gasteiger partial charge in [-0.3, -0.25) is 14.4 Å². The molecule has 3 rings (SSSR count). The van der Waals surface area contributed by atoms with E-state index < -0.39 is 5.91 Å². The first-order chi connectivity index (χ1) is 13.9. The number of hydrogen-bond donors (Lipinski definition) is 3. The van der Waals surface area contributed by atoms with Crippen molar-refractivity contribution in [2.45, 2.75) is 13.8 Å². The number of hydrogen-bond acceptors (Lipinski definition) is 6. The number of rotatable bonds is 6. The summed E-state index contributed by atoms with van der Waals surface area (Å²) in [6, 6.07) is 15.3. The maximum atomic E-state index is 12.5. The molecule has 0 bridgehead atoms. The molecular formula is C21H19N5O3. The summed E-state index contributed by atoms with van der Waals surface area (Å²) in [7, 11) is 0. The van der Waals surface area contributed by atoms with Gasteiger partial charge in [0.05, 0.1) is 0 Å². The molecule has 0 spiro atoms. The Kier molecular flexibility index (Phi) is 5.94. The summed E-state index contributed by atoms with van der Waals surface area (Å²) in [5.74, 6) is -0.265. The molecule has 2 aromatic carbocycles. The zero-order valence-electron chi connectivity index (χ0n) is 15.9. The molecule has 29 heavy (non-hydrogen) atoms. The minimum Gasteiger partial charge on any atom is -0.340 e. The van der Waals surface area contributed by atoms with E-state index in [1.807, 2.05) is 0 Å². The van der Waals surface area contributed by atoms with Crippen LogP contribution in [0.5, 0.6) is 0 Å². The normalized spacial score (nSPS) is 10.1. The van der Waals surface area contributed by atoms with Gasteiger partial charge in [0.25, 0.3) is 5.91 Å². The molecule has 0 aliphatic heterocycles. The molecule has 3 N–H and O–H groups in total. The Bertz CT molecular complexity index is 1080. The van der Waals surface area contributed by atoms with Gasteiger partial charge in [0.15, 0.2) is 5.78 Å². The summed E-state index contributed by atoms with van der Waals surface area (Å²) in [4.78, 5) is 43.3. The van der Waals surface area contributed by atoms with E-state index in [0.29, 0.717) is 28.4 Å². The van der Waals surface area contributed by atoms with Gasteiger partial charge in [-0.1, -0.05) is 18.2 Å². The highest BCUT2D eigenvalue weighted by Crippen LogP contribution is 2.19. The van der Waals surface area contributed by atoms with Crippen molar-refractivity contribution >= 4 is 40.5 Å². The number of aromatic nitrogens is 2. The first kappa shape index (κ1) is 19.7. The number of carbonyl (C=O) groups is 3. The third kappa shape index (κ3) is 5.46. The van der Waals surface area contributed by atoms with E-state index in [4.69, 9.17) is 0 Å². The second kappa shape index (κ2) is 8.75. The van der Waals surface area contributed by atoms with Gasteiger partial charge in [-0.2, -0.15) is 0 Å². The number of Topliss-reactive ketones (excluding diaryl/α,β-unsaturated/α-hetero) is 1. The van der Waals surface area contributed by atoms with Crippen molar-refractivity contribution in [3.63, 3.8) is 0 Å². The summed E-state index contributed by atoms with van der Waals surface area (Å²) in [6.07, 6.45) is 1.28. The number of amides is 2. The first-order valence-electron chi connectivity index (χ1n) is 8.80. The number of benzene rings is 2. The molecular weight excluding hydrogens is 370 g/mol. The van der Waals surface area contributed by atoms with Gasteiger partial charge in [-0.05, 0) is 37.3 Å². The molecule has 1 aromatic heterocycles. The number of carbonyl (C=O) groups excluding carboxylic acids is 3. The summed E-state index contributed by atoms with van der Waals surface area (Å²) >= 11 is 0. The number of anilines is 4. The van der Waals surface area contributed by atoms with Crippen LogP contribution in [-0.4, -0.2) is 27.6 Å². The number of ketones is 1. The maximum Gasteiger partial charge on any atom is 0.274 e. The van der Waals surface area contributed by atoms with Crippen LogP contribution >= 0.6 is 0 Å². The number of nitrogens with zero attached hydrogens (tertiary/aromatic N) is 2. The molecule has 0 saturated heterocycles. The largest absolute Gasteiger partial charge is 0.340 e. The van der Waals surface area contributed by atoms with Gasteiger partial charge in [-0.15, -0.1) is 0 Å². The van der Waals surface area contributed by atoms with Crippen LogP contribution < -0.4 is 16.0 Å². The van der Waals surface area contributed by atoms with Crippen molar-refractivity contribution in [1.82, 2.24) is 9.97 Å². The maximum absolute atomic E-state index is 12.5. The fourth-order valence-electron chi connectivity index (χ4n) is 2.59. The smallest absolute Gasteiger partial charge is 0.274 e. The predicted molar refractivity (Wildman–Crippen MR) is 110 cm³/mol. The van der Waals surface area contributed by atoms with E-state index in [0.717, 1.165) is 0 Å². The number of nitrogens with one attached hydrogen (secondary N) is 3. The molecule has 2 amide bonds. The van der Waals surface area contributed by atoms with Gasteiger partial charge in [0, 0.05) is 35.6 Å². The van der Waals surface area contributed by atoms with Crippen molar-refractivity contribution in [3.8, 4) is 0 Å². The highest BCUT2D eigenvalue weighted by atomic mass is 16.2. The Labute approximate surface area is 167 Å². The van der Waals surface area contributed by atoms with Crippen LogP contribution in [0, 0.1) is 0 Å². The van der Waals surface area contributed by atoms with E-state index in [1.54, 1.807) is 48.5 Å². The van der Waals surface area contributed by atoms with Crippen LogP contribution in [0.15, 0.2) is 60.9 Å². The average Bonchev–Trinajstić information content (AvgIpc) is 2.68. The van der Waals surface area contributed by atoms with Gasteiger partial charge in [-0.25, -0.2) is 9.97 Å². The SMILES string of the molecule is CC(=O)Nc1cccc(Nc2cc(C(=O)Nc3cccc(C(C)=O)c3)ncn2)c1. The van der Waals surface area contributed by atoms with Gasteiger partial charge in [0.2, 0.25) is 5.91 Å². The van der Waals surface area contributed by atoms with Crippen molar-refractivity contribution in [2.24, 2.45) is 0 Å². The minimum atomic E-state index is -0.428. The van der Waals surface area contributed by atoms with E-state index in [-0.39, 0.29) is 17.4 Å². The van der Waals surface area contributed by atoms with E-state index in [2.05, 4.69) is 25.9 Å². The zero-order chi connectivity index (χ0) is 20.8. The van der Waals surface area contributed by atoms with Crippen LogP contribution in [0.25, 0.3) is 0 Å². The Morgan fingerprint density at radius 3 is 2.21 bits per heavy atom. The average molecular weight is 389 g/mol. The monoisotopic (exact) mass is 389 g/mol. The molecule has 0 unspecified atom stereocenters. The molecule has 0 aliphatic carbocycles. The van der Waals surface area contributed by atoms with Crippen molar-refractivity contribution < 1.29 is 14.4 Å². The Balaban J connectivity index is 1.74. The van der Waals surface area contributed by atoms with E-state index in [1.165, 1.54) is 26.2 Å².